The van der Waals surface area contributed by atoms with Crippen LogP contribution in [0.15, 0.2) is 52.8 Å². The van der Waals surface area contributed by atoms with Gasteiger partial charge in [0.05, 0.1) is 12.4 Å². The van der Waals surface area contributed by atoms with Gasteiger partial charge in [0.15, 0.2) is 0 Å². The monoisotopic (exact) mass is 230 g/mol. The van der Waals surface area contributed by atoms with Gasteiger partial charge in [-0.25, -0.2) is 0 Å². The van der Waals surface area contributed by atoms with E-state index >= 15 is 0 Å². The standard InChI is InChI=1S/C11H10N4O2/c16-10-5-2-1-4-9(10)8-12-14-11-6-3-7-13-15(11)17/h1-8,16-17H/b12-8+,14-11-. The zero-order chi connectivity index (χ0) is 12.1. The van der Waals surface area contributed by atoms with Crippen LogP contribution in [0.5, 0.6) is 5.75 Å². The zero-order valence-corrected chi connectivity index (χ0v) is 8.80. The number of phenols is 1. The van der Waals surface area contributed by atoms with Crippen molar-refractivity contribution in [3.05, 3.63) is 53.6 Å². The molecular weight excluding hydrogens is 220 g/mol. The summed E-state index contributed by atoms with van der Waals surface area (Å²) in [5.74, 6) is 0.120. The number of aromatic hydroxyl groups is 1. The Bertz CT molecular complexity index is 604. The molecule has 1 aromatic heterocycles. The van der Waals surface area contributed by atoms with Crippen LogP contribution in [0.1, 0.15) is 5.56 Å². The number of hydrogen-bond donors (Lipinski definition) is 2. The smallest absolute Gasteiger partial charge is 0.211 e. The van der Waals surface area contributed by atoms with Crippen molar-refractivity contribution in [2.75, 3.05) is 0 Å². The van der Waals surface area contributed by atoms with E-state index in [9.17, 15) is 10.3 Å². The normalized spacial score (nSPS) is 12.1. The van der Waals surface area contributed by atoms with Crippen LogP contribution >= 0.6 is 0 Å². The van der Waals surface area contributed by atoms with Gasteiger partial charge in [-0.2, -0.15) is 5.10 Å². The highest BCUT2D eigenvalue weighted by Gasteiger charge is 1.93. The van der Waals surface area contributed by atoms with Crippen molar-refractivity contribution in [3.8, 4) is 5.75 Å². The second-order valence-corrected chi connectivity index (χ2v) is 3.17. The maximum atomic E-state index is 9.46. The van der Waals surface area contributed by atoms with E-state index in [4.69, 9.17) is 0 Å². The van der Waals surface area contributed by atoms with Crippen LogP contribution in [-0.2, 0) is 0 Å². The highest BCUT2D eigenvalue weighted by Crippen LogP contribution is 2.12. The molecule has 2 aromatic rings. The van der Waals surface area contributed by atoms with Crippen LogP contribution in [0, 0.1) is 0 Å². The van der Waals surface area contributed by atoms with E-state index in [0.29, 0.717) is 10.4 Å². The largest absolute Gasteiger partial charge is 0.507 e. The number of nitrogens with zero attached hydrogens (tertiary/aromatic N) is 4. The van der Waals surface area contributed by atoms with Crippen LogP contribution in [0.25, 0.3) is 0 Å². The van der Waals surface area contributed by atoms with Gasteiger partial charge in [0, 0.05) is 5.56 Å². The topological polar surface area (TPSA) is 83.0 Å². The number of para-hydroxylation sites is 1. The molecule has 6 heteroatoms. The molecule has 0 saturated carbocycles. The molecule has 0 saturated heterocycles. The maximum Gasteiger partial charge on any atom is 0.211 e. The van der Waals surface area contributed by atoms with E-state index in [-0.39, 0.29) is 11.2 Å². The van der Waals surface area contributed by atoms with Gasteiger partial charge in [-0.3, -0.25) is 0 Å². The molecule has 86 valence electrons. The molecule has 0 amide bonds. The quantitative estimate of drug-likeness (QED) is 0.454. The number of hydrogen-bond acceptors (Lipinski definition) is 5. The number of phenolic OH excluding ortho intramolecular Hbond substituents is 1. The van der Waals surface area contributed by atoms with Crippen molar-refractivity contribution in [2.24, 2.45) is 10.2 Å². The molecule has 1 aromatic carbocycles. The minimum atomic E-state index is 0.120. The van der Waals surface area contributed by atoms with Crippen molar-refractivity contribution in [2.45, 2.75) is 0 Å². The van der Waals surface area contributed by atoms with Gasteiger partial charge in [-0.1, -0.05) is 17.0 Å². The minimum absolute atomic E-state index is 0.120. The fraction of sp³-hybridized carbons (Fsp3) is 0. The lowest BCUT2D eigenvalue weighted by Crippen LogP contribution is -2.19. The lowest BCUT2D eigenvalue weighted by Gasteiger charge is -1.95. The highest BCUT2D eigenvalue weighted by molar-refractivity contribution is 5.82. The van der Waals surface area contributed by atoms with E-state index in [1.54, 1.807) is 36.4 Å². The van der Waals surface area contributed by atoms with Gasteiger partial charge in [-0.05, 0) is 24.3 Å². The van der Waals surface area contributed by atoms with Gasteiger partial charge in [-0.15, -0.1) is 10.2 Å². The Hall–Kier alpha value is -2.63. The Morgan fingerprint density at radius 3 is 2.76 bits per heavy atom. The summed E-state index contributed by atoms with van der Waals surface area (Å²) in [4.78, 5) is 0.613. The first kappa shape index (κ1) is 10.9. The van der Waals surface area contributed by atoms with Gasteiger partial charge in [0.25, 0.3) is 0 Å². The summed E-state index contributed by atoms with van der Waals surface area (Å²) in [5, 5.41) is 29.8. The van der Waals surface area contributed by atoms with Gasteiger partial charge >= 0.3 is 0 Å². The molecule has 2 N–H and O–H groups in total. The number of aromatic nitrogens is 2. The SMILES string of the molecule is Oc1ccccc1/C=N/N=c1/cccnn1O. The Morgan fingerprint density at radius 1 is 1.18 bits per heavy atom. The van der Waals surface area contributed by atoms with Gasteiger partial charge in [0.2, 0.25) is 5.49 Å². The minimum Gasteiger partial charge on any atom is -0.507 e. The molecule has 2 rings (SSSR count). The Balaban J connectivity index is 2.27. The number of benzene rings is 1. The number of rotatable bonds is 2. The summed E-state index contributed by atoms with van der Waals surface area (Å²) in [6.45, 7) is 0. The summed E-state index contributed by atoms with van der Waals surface area (Å²) >= 11 is 0. The highest BCUT2D eigenvalue weighted by atomic mass is 16.5. The van der Waals surface area contributed by atoms with Crippen LogP contribution in [0.2, 0.25) is 0 Å². The second kappa shape index (κ2) is 4.93. The fourth-order valence-corrected chi connectivity index (χ4v) is 1.18. The molecular formula is C11H10N4O2. The van der Waals surface area contributed by atoms with E-state index < -0.39 is 0 Å². The zero-order valence-electron chi connectivity index (χ0n) is 8.80. The summed E-state index contributed by atoms with van der Waals surface area (Å²) in [6, 6.07) is 9.92. The van der Waals surface area contributed by atoms with E-state index in [1.165, 1.54) is 12.4 Å². The Labute approximate surface area is 96.8 Å². The lowest BCUT2D eigenvalue weighted by atomic mass is 10.2. The third-order valence-corrected chi connectivity index (χ3v) is 2.01. The molecule has 0 fully saturated rings. The molecule has 6 nitrogen and oxygen atoms in total. The Morgan fingerprint density at radius 2 is 2.00 bits per heavy atom. The second-order valence-electron chi connectivity index (χ2n) is 3.17. The fourth-order valence-electron chi connectivity index (χ4n) is 1.18. The summed E-state index contributed by atoms with van der Waals surface area (Å²) < 4.78 is 0. The molecule has 0 unspecified atom stereocenters. The average molecular weight is 230 g/mol. The van der Waals surface area contributed by atoms with Crippen LogP contribution in [0.3, 0.4) is 0 Å². The molecule has 0 atom stereocenters. The van der Waals surface area contributed by atoms with Crippen molar-refractivity contribution < 1.29 is 10.3 Å². The third kappa shape index (κ3) is 2.69. The Kier molecular flexibility index (Phi) is 3.15. The first-order valence-electron chi connectivity index (χ1n) is 4.86. The molecule has 0 aliphatic rings. The summed E-state index contributed by atoms with van der Waals surface area (Å²) in [7, 11) is 0. The van der Waals surface area contributed by atoms with E-state index in [0.717, 1.165) is 0 Å². The first-order valence-corrected chi connectivity index (χ1v) is 4.86. The first-order chi connectivity index (χ1) is 8.27. The predicted octanol–water partition coefficient (Wildman–Crippen LogP) is 0.761. The van der Waals surface area contributed by atoms with Crippen molar-refractivity contribution in [1.82, 2.24) is 9.94 Å². The lowest BCUT2D eigenvalue weighted by molar-refractivity contribution is 0.131. The van der Waals surface area contributed by atoms with Crippen LogP contribution in [0.4, 0.5) is 0 Å². The van der Waals surface area contributed by atoms with Crippen LogP contribution < -0.4 is 5.49 Å². The van der Waals surface area contributed by atoms with E-state index in [1.807, 2.05) is 0 Å². The van der Waals surface area contributed by atoms with Crippen LogP contribution in [-0.4, -0.2) is 26.5 Å². The maximum absolute atomic E-state index is 9.46. The molecule has 17 heavy (non-hydrogen) atoms. The molecule has 0 aliphatic carbocycles. The van der Waals surface area contributed by atoms with Crippen molar-refractivity contribution in [1.29, 1.82) is 0 Å². The molecule has 0 aliphatic heterocycles. The summed E-state index contributed by atoms with van der Waals surface area (Å²) in [5.41, 5.74) is 0.740. The third-order valence-electron chi connectivity index (χ3n) is 2.01. The van der Waals surface area contributed by atoms with Crippen molar-refractivity contribution >= 4 is 6.21 Å². The predicted molar refractivity (Wildman–Crippen MR) is 60.7 cm³/mol. The van der Waals surface area contributed by atoms with Crippen molar-refractivity contribution in [3.63, 3.8) is 0 Å². The van der Waals surface area contributed by atoms with E-state index in [2.05, 4.69) is 15.3 Å². The average Bonchev–Trinajstić information content (AvgIpc) is 2.34. The molecule has 0 bridgehead atoms. The molecule has 0 spiro atoms. The molecule has 1 heterocycles. The molecule has 0 radical (unpaired) electrons. The summed E-state index contributed by atoms with van der Waals surface area (Å²) in [6.07, 6.45) is 2.81. The van der Waals surface area contributed by atoms with Gasteiger partial charge < -0.3 is 10.3 Å². The van der Waals surface area contributed by atoms with Gasteiger partial charge in [0.1, 0.15) is 5.75 Å².